The van der Waals surface area contributed by atoms with Crippen LogP contribution in [0.2, 0.25) is 0 Å². The third kappa shape index (κ3) is 1.29. The van der Waals surface area contributed by atoms with E-state index in [9.17, 15) is 9.59 Å². The summed E-state index contributed by atoms with van der Waals surface area (Å²) in [5.74, 6) is -1.04. The highest BCUT2D eigenvalue weighted by Gasteiger charge is 2.07. The minimum atomic E-state index is -0.689. The number of pyridine rings is 1. The van der Waals surface area contributed by atoms with E-state index in [0.717, 1.165) is 12.3 Å². The number of aromatic nitrogens is 1. The van der Waals surface area contributed by atoms with Gasteiger partial charge in [0.1, 0.15) is 5.69 Å². The molecule has 1 aromatic heterocycles. The third-order valence-corrected chi connectivity index (χ3v) is 1.37. The van der Waals surface area contributed by atoms with Crippen molar-refractivity contribution in [2.24, 2.45) is 0 Å². The van der Waals surface area contributed by atoms with E-state index in [2.05, 4.69) is 0 Å². The summed E-state index contributed by atoms with van der Waals surface area (Å²) >= 11 is 0. The van der Waals surface area contributed by atoms with E-state index in [1.807, 2.05) is 0 Å². The highest BCUT2D eigenvalue weighted by Crippen LogP contribution is 2.02. The zero-order valence-corrected chi connectivity index (χ0v) is 6.31. The van der Waals surface area contributed by atoms with Crippen LogP contribution in [-0.4, -0.2) is 20.8 Å². The molecule has 1 rings (SSSR count). The van der Waals surface area contributed by atoms with Crippen LogP contribution in [0.3, 0.4) is 0 Å². The molecule has 2 N–H and O–H groups in total. The Morgan fingerprint density at radius 1 is 1.58 bits per heavy atom. The largest absolute Gasteiger partial charge is 0.503 e. The first-order valence-electron chi connectivity index (χ1n) is 3.18. The van der Waals surface area contributed by atoms with Crippen LogP contribution in [0, 0.1) is 0 Å². The Balaban J connectivity index is 3.43. The molecule has 12 heavy (non-hydrogen) atoms. The van der Waals surface area contributed by atoms with E-state index in [0.29, 0.717) is 4.73 Å². The second-order valence-corrected chi connectivity index (χ2v) is 2.31. The molecule has 0 fully saturated rings. The summed E-state index contributed by atoms with van der Waals surface area (Å²) in [6, 6.07) is 0.873. The van der Waals surface area contributed by atoms with Crippen LogP contribution in [0.4, 0.5) is 0 Å². The number of carbonyl (C=O) groups is 1. The average Bonchev–Trinajstić information content (AvgIpc) is 1.96. The summed E-state index contributed by atoms with van der Waals surface area (Å²) in [5.41, 5.74) is -0.844. The molecule has 0 bridgehead atoms. The maximum atomic E-state index is 10.8. The van der Waals surface area contributed by atoms with Crippen LogP contribution < -0.4 is 5.43 Å². The maximum Gasteiger partial charge on any atom is 0.224 e. The lowest BCUT2D eigenvalue weighted by atomic mass is 10.2. The van der Waals surface area contributed by atoms with E-state index in [4.69, 9.17) is 10.3 Å². The second kappa shape index (κ2) is 2.69. The SMILES string of the molecule is CC(=O)c1cc(=O)c(O)cn1O. The predicted octanol–water partition coefficient (Wildman–Crippen LogP) is -0.00620. The smallest absolute Gasteiger partial charge is 0.224 e. The fraction of sp³-hybridized carbons (Fsp3) is 0.143. The minimum Gasteiger partial charge on any atom is -0.503 e. The van der Waals surface area contributed by atoms with Gasteiger partial charge in [-0.3, -0.25) is 9.59 Å². The van der Waals surface area contributed by atoms with E-state index >= 15 is 0 Å². The molecule has 0 saturated heterocycles. The van der Waals surface area contributed by atoms with Gasteiger partial charge in [-0.05, 0) is 0 Å². The Morgan fingerprint density at radius 3 is 2.67 bits per heavy atom. The summed E-state index contributed by atoms with van der Waals surface area (Å²) in [6.45, 7) is 1.21. The molecule has 0 atom stereocenters. The van der Waals surface area contributed by atoms with Crippen molar-refractivity contribution in [2.45, 2.75) is 6.92 Å². The summed E-state index contributed by atoms with van der Waals surface area (Å²) in [7, 11) is 0. The van der Waals surface area contributed by atoms with Gasteiger partial charge in [0.15, 0.2) is 11.5 Å². The summed E-state index contributed by atoms with van der Waals surface area (Å²) < 4.78 is 0.416. The van der Waals surface area contributed by atoms with Gasteiger partial charge in [-0.1, -0.05) is 0 Å². The topological polar surface area (TPSA) is 79.5 Å². The van der Waals surface area contributed by atoms with Crippen molar-refractivity contribution in [3.63, 3.8) is 0 Å². The molecule has 0 spiro atoms. The summed E-state index contributed by atoms with van der Waals surface area (Å²) in [4.78, 5) is 21.5. The molecule has 1 heterocycles. The molecule has 0 saturated carbocycles. The first-order valence-corrected chi connectivity index (χ1v) is 3.18. The molecule has 64 valence electrons. The Kier molecular flexibility index (Phi) is 1.86. The van der Waals surface area contributed by atoms with Gasteiger partial charge < -0.3 is 10.3 Å². The number of aromatic hydroxyl groups is 1. The highest BCUT2D eigenvalue weighted by molar-refractivity contribution is 5.92. The zero-order valence-electron chi connectivity index (χ0n) is 6.31. The van der Waals surface area contributed by atoms with Crippen molar-refractivity contribution >= 4 is 5.78 Å². The van der Waals surface area contributed by atoms with E-state index in [-0.39, 0.29) is 5.69 Å². The molecule has 5 nitrogen and oxygen atoms in total. The Morgan fingerprint density at radius 2 is 2.17 bits per heavy atom. The molecule has 0 aliphatic carbocycles. The van der Waals surface area contributed by atoms with Crippen LogP contribution in [0.15, 0.2) is 17.1 Å². The Bertz CT molecular complexity index is 379. The van der Waals surface area contributed by atoms with Gasteiger partial charge in [-0.2, -0.15) is 4.73 Å². The number of rotatable bonds is 1. The van der Waals surface area contributed by atoms with Gasteiger partial charge in [0, 0.05) is 13.0 Å². The van der Waals surface area contributed by atoms with Crippen molar-refractivity contribution < 1.29 is 15.1 Å². The number of Topliss-reactive ketones (excluding diaryl/α,β-unsaturated/α-hetero) is 1. The number of carbonyl (C=O) groups excluding carboxylic acids is 1. The number of ketones is 1. The zero-order chi connectivity index (χ0) is 9.30. The predicted molar refractivity (Wildman–Crippen MR) is 39.6 cm³/mol. The van der Waals surface area contributed by atoms with E-state index < -0.39 is 17.0 Å². The van der Waals surface area contributed by atoms with Crippen molar-refractivity contribution in [3.05, 3.63) is 28.2 Å². The van der Waals surface area contributed by atoms with Gasteiger partial charge >= 0.3 is 0 Å². The Labute approximate surface area is 67.5 Å². The normalized spacial score (nSPS) is 9.75. The molecule has 0 unspecified atom stereocenters. The molecule has 0 radical (unpaired) electrons. The molecule has 1 aromatic rings. The fourth-order valence-corrected chi connectivity index (χ4v) is 0.776. The van der Waals surface area contributed by atoms with Crippen LogP contribution in [0.25, 0.3) is 0 Å². The van der Waals surface area contributed by atoms with Crippen molar-refractivity contribution in [1.29, 1.82) is 0 Å². The minimum absolute atomic E-state index is 0.155. The van der Waals surface area contributed by atoms with E-state index in [1.54, 1.807) is 0 Å². The first kappa shape index (κ1) is 8.32. The first-order chi connectivity index (χ1) is 5.52. The summed E-state index contributed by atoms with van der Waals surface area (Å²) in [6.07, 6.45) is 0.777. The van der Waals surface area contributed by atoms with Gasteiger partial charge in [0.2, 0.25) is 5.43 Å². The van der Waals surface area contributed by atoms with Gasteiger partial charge in [0.05, 0.1) is 6.20 Å². The van der Waals surface area contributed by atoms with Crippen molar-refractivity contribution in [2.75, 3.05) is 0 Å². The molecule has 5 heteroatoms. The van der Waals surface area contributed by atoms with Gasteiger partial charge in [0.25, 0.3) is 0 Å². The second-order valence-electron chi connectivity index (χ2n) is 2.31. The van der Waals surface area contributed by atoms with Crippen LogP contribution in [0.5, 0.6) is 5.75 Å². The lowest BCUT2D eigenvalue weighted by molar-refractivity contribution is 0.0957. The molecular formula is C7H7NO4. The van der Waals surface area contributed by atoms with Crippen LogP contribution in [-0.2, 0) is 0 Å². The molecule has 0 aliphatic rings. The molecular weight excluding hydrogens is 162 g/mol. The monoisotopic (exact) mass is 169 g/mol. The Hall–Kier alpha value is -1.78. The molecule has 0 amide bonds. The summed E-state index contributed by atoms with van der Waals surface area (Å²) in [5, 5.41) is 17.8. The fourth-order valence-electron chi connectivity index (χ4n) is 0.776. The van der Waals surface area contributed by atoms with Gasteiger partial charge in [-0.25, -0.2) is 0 Å². The van der Waals surface area contributed by atoms with Crippen LogP contribution in [0.1, 0.15) is 17.4 Å². The highest BCUT2D eigenvalue weighted by atomic mass is 16.5. The van der Waals surface area contributed by atoms with Crippen molar-refractivity contribution in [1.82, 2.24) is 4.73 Å². The number of nitrogens with zero attached hydrogens (tertiary/aromatic N) is 1. The van der Waals surface area contributed by atoms with Crippen molar-refractivity contribution in [3.8, 4) is 5.75 Å². The maximum absolute atomic E-state index is 10.8. The lowest BCUT2D eigenvalue weighted by Crippen LogP contribution is -2.12. The molecule has 0 aromatic carbocycles. The third-order valence-electron chi connectivity index (χ3n) is 1.37. The van der Waals surface area contributed by atoms with Crippen LogP contribution >= 0.6 is 0 Å². The molecule has 0 aliphatic heterocycles. The lowest BCUT2D eigenvalue weighted by Gasteiger charge is -2.02. The number of hydrogen-bond acceptors (Lipinski definition) is 4. The van der Waals surface area contributed by atoms with Gasteiger partial charge in [-0.15, -0.1) is 0 Å². The van der Waals surface area contributed by atoms with E-state index in [1.165, 1.54) is 6.92 Å². The quantitative estimate of drug-likeness (QED) is 0.458. The standard InChI is InChI=1S/C7H7NO4/c1-4(9)5-2-6(10)7(11)3-8(5)12/h2-3,11-12H,1H3. The number of hydrogen-bond donors (Lipinski definition) is 2. The average molecular weight is 169 g/mol.